The second-order valence-electron chi connectivity index (χ2n) is 8.99. The van der Waals surface area contributed by atoms with Gasteiger partial charge in [-0.05, 0) is 52.3 Å². The molecule has 0 bridgehead atoms. The molecule has 26 heavy (non-hydrogen) atoms. The third-order valence-electron chi connectivity index (χ3n) is 5.93. The lowest BCUT2D eigenvalue weighted by atomic mass is 9.87. The SMILES string of the molecule is C[C@@H]1CN(C(=O)C2CN(C(C)(C)C)CC2c2ccc(F)cc2)[C@@H](C)CN1. The van der Waals surface area contributed by atoms with Gasteiger partial charge in [0.15, 0.2) is 0 Å². The van der Waals surface area contributed by atoms with Crippen LogP contribution in [-0.4, -0.2) is 59.5 Å². The van der Waals surface area contributed by atoms with Gasteiger partial charge in [-0.3, -0.25) is 9.69 Å². The van der Waals surface area contributed by atoms with Crippen molar-refractivity contribution in [3.05, 3.63) is 35.6 Å². The van der Waals surface area contributed by atoms with Crippen LogP contribution in [0.3, 0.4) is 0 Å². The molecule has 0 radical (unpaired) electrons. The number of nitrogens with zero attached hydrogens (tertiary/aromatic N) is 2. The molecular formula is C21H32FN3O. The van der Waals surface area contributed by atoms with Crippen LogP contribution < -0.4 is 5.32 Å². The van der Waals surface area contributed by atoms with Crippen LogP contribution in [-0.2, 0) is 4.79 Å². The monoisotopic (exact) mass is 361 g/mol. The molecule has 4 atom stereocenters. The Balaban J connectivity index is 1.87. The Morgan fingerprint density at radius 3 is 2.38 bits per heavy atom. The Morgan fingerprint density at radius 1 is 1.12 bits per heavy atom. The maximum atomic E-state index is 13.5. The number of hydrogen-bond acceptors (Lipinski definition) is 3. The van der Waals surface area contributed by atoms with Crippen LogP contribution in [0.2, 0.25) is 0 Å². The average molecular weight is 362 g/mol. The van der Waals surface area contributed by atoms with E-state index in [1.54, 1.807) is 0 Å². The van der Waals surface area contributed by atoms with Gasteiger partial charge in [-0.2, -0.15) is 0 Å². The second-order valence-corrected chi connectivity index (χ2v) is 8.99. The summed E-state index contributed by atoms with van der Waals surface area (Å²) in [5, 5.41) is 3.44. The van der Waals surface area contributed by atoms with Crippen molar-refractivity contribution in [2.45, 2.75) is 58.2 Å². The standard InChI is InChI=1S/C21H32FN3O/c1-14-11-25(15(2)10-23-14)20(26)19-13-24(21(3,4)5)12-18(19)16-6-8-17(22)9-7-16/h6-9,14-15,18-19,23H,10-13H2,1-5H3/t14-,15+,18?,19?/m1/s1. The van der Waals surface area contributed by atoms with Crippen LogP contribution in [0.15, 0.2) is 24.3 Å². The van der Waals surface area contributed by atoms with Gasteiger partial charge in [0.05, 0.1) is 5.92 Å². The molecule has 2 aliphatic heterocycles. The quantitative estimate of drug-likeness (QED) is 0.880. The Kier molecular flexibility index (Phi) is 5.40. The van der Waals surface area contributed by atoms with Crippen molar-refractivity contribution < 1.29 is 9.18 Å². The maximum Gasteiger partial charge on any atom is 0.227 e. The van der Waals surface area contributed by atoms with Crippen LogP contribution >= 0.6 is 0 Å². The highest BCUT2D eigenvalue weighted by atomic mass is 19.1. The third-order valence-corrected chi connectivity index (χ3v) is 5.93. The van der Waals surface area contributed by atoms with Gasteiger partial charge >= 0.3 is 0 Å². The van der Waals surface area contributed by atoms with E-state index in [2.05, 4.69) is 49.7 Å². The van der Waals surface area contributed by atoms with Gasteiger partial charge < -0.3 is 10.2 Å². The van der Waals surface area contributed by atoms with Crippen LogP contribution in [0.5, 0.6) is 0 Å². The van der Waals surface area contributed by atoms with Crippen molar-refractivity contribution in [1.29, 1.82) is 0 Å². The van der Waals surface area contributed by atoms with E-state index in [1.165, 1.54) is 12.1 Å². The molecule has 144 valence electrons. The first-order valence-corrected chi connectivity index (χ1v) is 9.71. The van der Waals surface area contributed by atoms with Crippen molar-refractivity contribution in [2.75, 3.05) is 26.2 Å². The number of likely N-dealkylation sites (tertiary alicyclic amines) is 1. The van der Waals surface area contributed by atoms with E-state index in [0.717, 1.165) is 31.7 Å². The third kappa shape index (κ3) is 3.94. The van der Waals surface area contributed by atoms with Crippen molar-refractivity contribution in [2.24, 2.45) is 5.92 Å². The van der Waals surface area contributed by atoms with Crippen LogP contribution in [0, 0.1) is 11.7 Å². The zero-order valence-corrected chi connectivity index (χ0v) is 16.6. The Bertz CT molecular complexity index is 640. The van der Waals surface area contributed by atoms with E-state index in [1.807, 2.05) is 12.1 Å². The van der Waals surface area contributed by atoms with Crippen molar-refractivity contribution in [3.63, 3.8) is 0 Å². The number of piperazine rings is 1. The fourth-order valence-corrected chi connectivity index (χ4v) is 4.19. The highest BCUT2D eigenvalue weighted by molar-refractivity contribution is 5.81. The van der Waals surface area contributed by atoms with Gasteiger partial charge in [0.2, 0.25) is 5.91 Å². The van der Waals surface area contributed by atoms with Crippen LogP contribution in [0.1, 0.15) is 46.1 Å². The first kappa shape index (κ1) is 19.3. The topological polar surface area (TPSA) is 35.6 Å². The largest absolute Gasteiger partial charge is 0.337 e. The minimum atomic E-state index is -0.230. The molecule has 3 rings (SSSR count). The molecule has 1 amide bonds. The smallest absolute Gasteiger partial charge is 0.227 e. The highest BCUT2D eigenvalue weighted by Gasteiger charge is 2.44. The maximum absolute atomic E-state index is 13.5. The summed E-state index contributed by atoms with van der Waals surface area (Å²) in [6, 6.07) is 7.22. The summed E-state index contributed by atoms with van der Waals surface area (Å²) in [6.45, 7) is 14.0. The molecule has 1 aromatic rings. The Morgan fingerprint density at radius 2 is 1.77 bits per heavy atom. The van der Waals surface area contributed by atoms with Gasteiger partial charge in [0.25, 0.3) is 0 Å². The zero-order valence-electron chi connectivity index (χ0n) is 16.6. The van der Waals surface area contributed by atoms with E-state index in [0.29, 0.717) is 6.04 Å². The van der Waals surface area contributed by atoms with E-state index in [4.69, 9.17) is 0 Å². The van der Waals surface area contributed by atoms with E-state index in [9.17, 15) is 9.18 Å². The summed E-state index contributed by atoms with van der Waals surface area (Å²) < 4.78 is 13.4. The van der Waals surface area contributed by atoms with Crippen molar-refractivity contribution in [3.8, 4) is 0 Å². The number of carbonyl (C=O) groups is 1. The number of carbonyl (C=O) groups excluding carboxylic acids is 1. The summed E-state index contributed by atoms with van der Waals surface area (Å²) in [4.78, 5) is 17.9. The number of halogens is 1. The molecule has 2 fully saturated rings. The van der Waals surface area contributed by atoms with Crippen molar-refractivity contribution in [1.82, 2.24) is 15.1 Å². The molecule has 0 spiro atoms. The number of rotatable bonds is 2. The van der Waals surface area contributed by atoms with E-state index >= 15 is 0 Å². The second kappa shape index (κ2) is 7.28. The predicted octanol–water partition coefficient (Wildman–Crippen LogP) is 2.85. The van der Waals surface area contributed by atoms with Gasteiger partial charge in [-0.15, -0.1) is 0 Å². The van der Waals surface area contributed by atoms with E-state index in [-0.39, 0.29) is 35.1 Å². The van der Waals surface area contributed by atoms with Crippen molar-refractivity contribution >= 4 is 5.91 Å². The molecule has 4 nitrogen and oxygen atoms in total. The molecule has 1 aromatic carbocycles. The predicted molar refractivity (Wildman–Crippen MR) is 103 cm³/mol. The minimum Gasteiger partial charge on any atom is -0.337 e. The summed E-state index contributed by atoms with van der Waals surface area (Å²) >= 11 is 0. The first-order valence-electron chi connectivity index (χ1n) is 9.71. The lowest BCUT2D eigenvalue weighted by molar-refractivity contribution is -0.139. The molecule has 0 aromatic heterocycles. The normalized spacial score (nSPS) is 30.6. The fraction of sp³-hybridized carbons (Fsp3) is 0.667. The summed E-state index contributed by atoms with van der Waals surface area (Å²) in [5.41, 5.74) is 1.07. The molecule has 2 heterocycles. The fourth-order valence-electron chi connectivity index (χ4n) is 4.19. The molecule has 2 saturated heterocycles. The number of benzene rings is 1. The molecule has 0 aliphatic carbocycles. The molecule has 1 N–H and O–H groups in total. The average Bonchev–Trinajstić information content (AvgIpc) is 3.02. The zero-order chi connectivity index (χ0) is 19.1. The first-order chi connectivity index (χ1) is 12.2. The number of amides is 1. The molecule has 2 aliphatic rings. The Labute approximate surface area is 156 Å². The molecule has 2 unspecified atom stereocenters. The molecule has 0 saturated carbocycles. The van der Waals surface area contributed by atoms with Gasteiger partial charge in [-0.1, -0.05) is 12.1 Å². The summed E-state index contributed by atoms with van der Waals surface area (Å²) in [5.74, 6) is 0.0472. The lowest BCUT2D eigenvalue weighted by Gasteiger charge is -2.39. The molecule has 5 heteroatoms. The lowest BCUT2D eigenvalue weighted by Crippen LogP contribution is -2.58. The minimum absolute atomic E-state index is 0.00960. The molecular weight excluding hydrogens is 329 g/mol. The summed E-state index contributed by atoms with van der Waals surface area (Å²) in [7, 11) is 0. The van der Waals surface area contributed by atoms with Gasteiger partial charge in [0.1, 0.15) is 5.82 Å². The van der Waals surface area contributed by atoms with Crippen LogP contribution in [0.25, 0.3) is 0 Å². The van der Waals surface area contributed by atoms with Gasteiger partial charge in [0, 0.05) is 49.7 Å². The number of nitrogens with one attached hydrogen (secondary N) is 1. The van der Waals surface area contributed by atoms with E-state index < -0.39 is 0 Å². The van der Waals surface area contributed by atoms with Gasteiger partial charge in [-0.25, -0.2) is 4.39 Å². The van der Waals surface area contributed by atoms with Crippen LogP contribution in [0.4, 0.5) is 4.39 Å². The number of hydrogen-bond donors (Lipinski definition) is 1. The highest BCUT2D eigenvalue weighted by Crippen LogP contribution is 2.37. The summed E-state index contributed by atoms with van der Waals surface area (Å²) in [6.07, 6.45) is 0. The Hall–Kier alpha value is -1.46.